The van der Waals surface area contributed by atoms with Crippen molar-refractivity contribution in [1.29, 1.82) is 0 Å². The van der Waals surface area contributed by atoms with Crippen LogP contribution in [0.3, 0.4) is 0 Å². The van der Waals surface area contributed by atoms with Crippen LogP contribution in [0.15, 0.2) is 36.4 Å². The fourth-order valence-electron chi connectivity index (χ4n) is 1.45. The van der Waals surface area contributed by atoms with Crippen molar-refractivity contribution in [3.63, 3.8) is 0 Å². The fourth-order valence-corrected chi connectivity index (χ4v) is 1.45. The zero-order chi connectivity index (χ0) is 12.8. The quantitative estimate of drug-likeness (QED) is 0.457. The van der Waals surface area contributed by atoms with Crippen LogP contribution in [0.5, 0.6) is 0 Å². The average Bonchev–Trinajstić information content (AvgIpc) is 2.29. The number of nitrogens with zero attached hydrogens (tertiary/aromatic N) is 2. The number of hydrogen-bond donors (Lipinski definition) is 0. The molecule has 0 saturated carbocycles. The van der Waals surface area contributed by atoms with Gasteiger partial charge in [-0.25, -0.2) is 0 Å². The zero-order valence-electron chi connectivity index (χ0n) is 9.79. The average molecular weight is 234 g/mol. The van der Waals surface area contributed by atoms with Crippen molar-refractivity contribution in [3.05, 3.63) is 46.5 Å². The number of hydrogen-bond acceptors (Lipinski definition) is 3. The Kier molecular flexibility index (Phi) is 4.39. The van der Waals surface area contributed by atoms with Crippen LogP contribution in [0, 0.1) is 10.1 Å². The summed E-state index contributed by atoms with van der Waals surface area (Å²) >= 11 is 0. The number of nitro benzene ring substituents is 1. The van der Waals surface area contributed by atoms with Gasteiger partial charge < -0.3 is 4.90 Å². The molecule has 0 bridgehead atoms. The van der Waals surface area contributed by atoms with Crippen molar-refractivity contribution in [2.45, 2.75) is 13.8 Å². The van der Waals surface area contributed by atoms with Crippen LogP contribution in [0.25, 0.3) is 0 Å². The molecule has 1 amide bonds. The van der Waals surface area contributed by atoms with Crippen LogP contribution < -0.4 is 4.90 Å². The van der Waals surface area contributed by atoms with Gasteiger partial charge in [-0.1, -0.05) is 24.3 Å². The van der Waals surface area contributed by atoms with Gasteiger partial charge in [-0.2, -0.15) is 0 Å². The second-order valence-electron chi connectivity index (χ2n) is 3.44. The van der Waals surface area contributed by atoms with Crippen molar-refractivity contribution in [2.24, 2.45) is 0 Å². The predicted molar refractivity (Wildman–Crippen MR) is 65.9 cm³/mol. The molecule has 0 aromatic heterocycles. The second kappa shape index (κ2) is 5.79. The van der Waals surface area contributed by atoms with Crippen LogP contribution in [0.4, 0.5) is 11.4 Å². The van der Waals surface area contributed by atoms with E-state index in [1.165, 1.54) is 17.9 Å². The number of benzene rings is 1. The zero-order valence-corrected chi connectivity index (χ0v) is 9.79. The molecule has 0 aliphatic carbocycles. The molecule has 17 heavy (non-hydrogen) atoms. The first kappa shape index (κ1) is 12.9. The number of carbonyl (C=O) groups is 1. The first-order valence-corrected chi connectivity index (χ1v) is 5.20. The van der Waals surface area contributed by atoms with Gasteiger partial charge >= 0.3 is 0 Å². The summed E-state index contributed by atoms with van der Waals surface area (Å²) in [5.41, 5.74) is 0.260. The van der Waals surface area contributed by atoms with E-state index in [2.05, 4.69) is 0 Å². The Hall–Kier alpha value is -2.17. The summed E-state index contributed by atoms with van der Waals surface area (Å²) in [4.78, 5) is 23.3. The van der Waals surface area contributed by atoms with E-state index in [1.54, 1.807) is 30.4 Å². The Morgan fingerprint density at radius 1 is 1.47 bits per heavy atom. The van der Waals surface area contributed by atoms with Crippen molar-refractivity contribution in [3.8, 4) is 0 Å². The molecule has 1 rings (SSSR count). The van der Waals surface area contributed by atoms with Crippen molar-refractivity contribution in [1.82, 2.24) is 0 Å². The molecule has 5 heteroatoms. The third-order valence-electron chi connectivity index (χ3n) is 2.27. The van der Waals surface area contributed by atoms with Crippen molar-refractivity contribution in [2.75, 3.05) is 11.4 Å². The largest absolute Gasteiger partial charge is 0.303 e. The first-order chi connectivity index (χ1) is 8.07. The Labute approximate surface area is 99.5 Å². The molecule has 0 fully saturated rings. The molecule has 0 aliphatic rings. The molecule has 0 atom stereocenters. The van der Waals surface area contributed by atoms with E-state index in [0.717, 1.165) is 0 Å². The third-order valence-corrected chi connectivity index (χ3v) is 2.27. The Bertz CT molecular complexity index is 455. The van der Waals surface area contributed by atoms with Gasteiger partial charge in [0.2, 0.25) is 5.91 Å². The highest BCUT2D eigenvalue weighted by atomic mass is 16.6. The number of amides is 1. The standard InChI is InChI=1S/C12H14N2O3/c1-3-4-9-13(10(2)15)11-7-5-6-8-12(11)14(16)17/h3-8H,9H2,1-2H3/b4-3+. The van der Waals surface area contributed by atoms with Gasteiger partial charge in [0, 0.05) is 19.5 Å². The summed E-state index contributed by atoms with van der Waals surface area (Å²) in [5.74, 6) is -0.225. The summed E-state index contributed by atoms with van der Waals surface area (Å²) < 4.78 is 0. The number of anilines is 1. The van der Waals surface area contributed by atoms with Gasteiger partial charge in [-0.05, 0) is 13.0 Å². The second-order valence-corrected chi connectivity index (χ2v) is 3.44. The number of carbonyl (C=O) groups excluding carboxylic acids is 1. The van der Waals surface area contributed by atoms with Gasteiger partial charge in [0.05, 0.1) is 4.92 Å². The lowest BCUT2D eigenvalue weighted by molar-refractivity contribution is -0.384. The lowest BCUT2D eigenvalue weighted by atomic mass is 10.2. The summed E-state index contributed by atoms with van der Waals surface area (Å²) in [5, 5.41) is 10.9. The normalized spacial score (nSPS) is 10.5. The maximum atomic E-state index is 11.5. The SMILES string of the molecule is C/C=C/CN(C(C)=O)c1ccccc1[N+](=O)[O-]. The monoisotopic (exact) mass is 234 g/mol. The third kappa shape index (κ3) is 3.14. The van der Waals surface area contributed by atoms with Crippen LogP contribution in [0.2, 0.25) is 0 Å². The first-order valence-electron chi connectivity index (χ1n) is 5.20. The number of allylic oxidation sites excluding steroid dienone is 1. The Balaban J connectivity index is 3.18. The van der Waals surface area contributed by atoms with Crippen molar-refractivity contribution >= 4 is 17.3 Å². The molecule has 5 nitrogen and oxygen atoms in total. The lowest BCUT2D eigenvalue weighted by Crippen LogP contribution is -2.29. The van der Waals surface area contributed by atoms with E-state index >= 15 is 0 Å². The van der Waals surface area contributed by atoms with Crippen LogP contribution in [-0.4, -0.2) is 17.4 Å². The maximum absolute atomic E-state index is 11.5. The van der Waals surface area contributed by atoms with Crippen molar-refractivity contribution < 1.29 is 9.72 Å². The lowest BCUT2D eigenvalue weighted by Gasteiger charge is -2.18. The predicted octanol–water partition coefficient (Wildman–Crippen LogP) is 2.52. The van der Waals surface area contributed by atoms with Gasteiger partial charge in [0.25, 0.3) is 5.69 Å². The van der Waals surface area contributed by atoms with Crippen LogP contribution in [-0.2, 0) is 4.79 Å². The van der Waals surface area contributed by atoms with E-state index in [-0.39, 0.29) is 11.6 Å². The number of nitro groups is 1. The van der Waals surface area contributed by atoms with Gasteiger partial charge in [-0.3, -0.25) is 14.9 Å². The summed E-state index contributed by atoms with van der Waals surface area (Å²) in [6.07, 6.45) is 3.57. The molecule has 0 aliphatic heterocycles. The Morgan fingerprint density at radius 2 is 2.12 bits per heavy atom. The van der Waals surface area contributed by atoms with Crippen LogP contribution in [0.1, 0.15) is 13.8 Å². The van der Waals surface area contributed by atoms with E-state index < -0.39 is 4.92 Å². The maximum Gasteiger partial charge on any atom is 0.292 e. The van der Waals surface area contributed by atoms with Gasteiger partial charge in [0.1, 0.15) is 5.69 Å². The highest BCUT2D eigenvalue weighted by molar-refractivity contribution is 5.94. The van der Waals surface area contributed by atoms with Crippen LogP contribution >= 0.6 is 0 Å². The van der Waals surface area contributed by atoms with E-state index in [4.69, 9.17) is 0 Å². The molecule has 0 saturated heterocycles. The minimum absolute atomic E-state index is 0.0628. The van der Waals surface area contributed by atoms with E-state index in [1.807, 2.05) is 6.92 Å². The highest BCUT2D eigenvalue weighted by Crippen LogP contribution is 2.27. The number of rotatable bonds is 4. The molecule has 0 N–H and O–H groups in total. The van der Waals surface area contributed by atoms with E-state index in [0.29, 0.717) is 12.2 Å². The minimum Gasteiger partial charge on any atom is -0.303 e. The fraction of sp³-hybridized carbons (Fsp3) is 0.250. The topological polar surface area (TPSA) is 63.5 Å². The summed E-state index contributed by atoms with van der Waals surface area (Å²) in [7, 11) is 0. The molecule has 0 unspecified atom stereocenters. The molecular weight excluding hydrogens is 220 g/mol. The van der Waals surface area contributed by atoms with Gasteiger partial charge in [-0.15, -0.1) is 0 Å². The minimum atomic E-state index is -0.485. The molecule has 1 aromatic carbocycles. The molecule has 90 valence electrons. The van der Waals surface area contributed by atoms with E-state index in [9.17, 15) is 14.9 Å². The molecule has 0 radical (unpaired) electrons. The van der Waals surface area contributed by atoms with Gasteiger partial charge in [0.15, 0.2) is 0 Å². The smallest absolute Gasteiger partial charge is 0.292 e. The number of para-hydroxylation sites is 2. The molecule has 0 spiro atoms. The summed E-state index contributed by atoms with van der Waals surface area (Å²) in [6, 6.07) is 6.22. The molecular formula is C12H14N2O3. The molecule has 0 heterocycles. The summed E-state index contributed by atoms with van der Waals surface area (Å²) in [6.45, 7) is 3.55. The Morgan fingerprint density at radius 3 is 2.65 bits per heavy atom. The highest BCUT2D eigenvalue weighted by Gasteiger charge is 2.20. The molecule has 1 aromatic rings.